The predicted octanol–water partition coefficient (Wildman–Crippen LogP) is 3.41. The van der Waals surface area contributed by atoms with Crippen LogP contribution in [-0.4, -0.2) is 16.2 Å². The second-order valence-electron chi connectivity index (χ2n) is 3.58. The van der Waals surface area contributed by atoms with Crippen molar-refractivity contribution >= 4 is 33.8 Å². The number of thioether (sulfide) groups is 1. The quantitative estimate of drug-likeness (QED) is 0.600. The summed E-state index contributed by atoms with van der Waals surface area (Å²) in [6.07, 6.45) is 1.95. The Morgan fingerprint density at radius 3 is 2.81 bits per heavy atom. The fourth-order valence-electron chi connectivity index (χ4n) is 1.81. The Morgan fingerprint density at radius 2 is 2.00 bits per heavy atom. The highest BCUT2D eigenvalue weighted by Crippen LogP contribution is 2.29. The molecule has 80 valence electrons. The van der Waals surface area contributed by atoms with E-state index in [-0.39, 0.29) is 0 Å². The van der Waals surface area contributed by atoms with Gasteiger partial charge >= 0.3 is 0 Å². The number of pyridine rings is 1. The Bertz CT molecular complexity index is 675. The SMILES string of the molecule is CSc1nc2c(C)nc3ccccc3c2o1. The van der Waals surface area contributed by atoms with Gasteiger partial charge in [-0.3, -0.25) is 4.98 Å². The molecule has 0 aliphatic carbocycles. The van der Waals surface area contributed by atoms with Crippen molar-refractivity contribution in [2.75, 3.05) is 6.26 Å². The largest absolute Gasteiger partial charge is 0.431 e. The average Bonchev–Trinajstić information content (AvgIpc) is 2.74. The first kappa shape index (κ1) is 9.66. The fraction of sp³-hybridized carbons (Fsp3) is 0.167. The summed E-state index contributed by atoms with van der Waals surface area (Å²) in [5.41, 5.74) is 3.57. The molecule has 0 saturated carbocycles. The number of rotatable bonds is 1. The van der Waals surface area contributed by atoms with Gasteiger partial charge in [0.15, 0.2) is 5.58 Å². The van der Waals surface area contributed by atoms with Crippen LogP contribution in [0.15, 0.2) is 33.9 Å². The molecule has 0 bridgehead atoms. The molecule has 4 heteroatoms. The third kappa shape index (κ3) is 1.30. The number of oxazole rings is 1. The molecule has 0 spiro atoms. The molecule has 0 radical (unpaired) electrons. The maximum Gasteiger partial charge on any atom is 0.256 e. The molecule has 2 heterocycles. The number of hydrogen-bond donors (Lipinski definition) is 0. The lowest BCUT2D eigenvalue weighted by Gasteiger charge is -1.98. The lowest BCUT2D eigenvalue weighted by Crippen LogP contribution is -1.85. The summed E-state index contributed by atoms with van der Waals surface area (Å²) < 4.78 is 5.72. The summed E-state index contributed by atoms with van der Waals surface area (Å²) in [6, 6.07) is 7.97. The standard InChI is InChI=1S/C12H10N2OS/c1-7-10-11(15-12(14-10)16-2)8-5-3-4-6-9(8)13-7/h3-6H,1-2H3. The van der Waals surface area contributed by atoms with Crippen molar-refractivity contribution in [1.29, 1.82) is 0 Å². The number of aromatic nitrogens is 2. The molecule has 0 aliphatic rings. The molecule has 0 amide bonds. The Balaban J connectivity index is 2.52. The molecule has 3 aromatic rings. The van der Waals surface area contributed by atoms with Crippen LogP contribution in [0, 0.1) is 6.92 Å². The lowest BCUT2D eigenvalue weighted by molar-refractivity contribution is 0.492. The predicted molar refractivity (Wildman–Crippen MR) is 65.8 cm³/mol. The molecule has 0 saturated heterocycles. The third-order valence-corrected chi connectivity index (χ3v) is 3.09. The Hall–Kier alpha value is -1.55. The molecule has 0 fully saturated rings. The van der Waals surface area contributed by atoms with Crippen LogP contribution in [0.1, 0.15) is 5.69 Å². The van der Waals surface area contributed by atoms with Crippen molar-refractivity contribution < 1.29 is 4.42 Å². The molecular formula is C12H10N2OS. The van der Waals surface area contributed by atoms with Crippen LogP contribution in [0.3, 0.4) is 0 Å². The van der Waals surface area contributed by atoms with Gasteiger partial charge in [0, 0.05) is 5.39 Å². The monoisotopic (exact) mass is 230 g/mol. The van der Waals surface area contributed by atoms with Gasteiger partial charge in [-0.1, -0.05) is 23.9 Å². The molecule has 3 rings (SSSR count). The van der Waals surface area contributed by atoms with E-state index in [2.05, 4.69) is 9.97 Å². The zero-order valence-electron chi connectivity index (χ0n) is 9.02. The van der Waals surface area contributed by atoms with E-state index in [9.17, 15) is 0 Å². The van der Waals surface area contributed by atoms with Crippen molar-refractivity contribution in [2.45, 2.75) is 12.1 Å². The van der Waals surface area contributed by atoms with E-state index in [1.54, 1.807) is 0 Å². The lowest BCUT2D eigenvalue weighted by atomic mass is 10.2. The van der Waals surface area contributed by atoms with Crippen molar-refractivity contribution in [1.82, 2.24) is 9.97 Å². The molecule has 16 heavy (non-hydrogen) atoms. The minimum atomic E-state index is 0.691. The van der Waals surface area contributed by atoms with E-state index in [1.807, 2.05) is 37.4 Å². The average molecular weight is 230 g/mol. The molecule has 0 N–H and O–H groups in total. The highest BCUT2D eigenvalue weighted by Gasteiger charge is 2.12. The van der Waals surface area contributed by atoms with Crippen LogP contribution in [0.2, 0.25) is 0 Å². The van der Waals surface area contributed by atoms with Gasteiger partial charge in [-0.25, -0.2) is 4.98 Å². The van der Waals surface area contributed by atoms with Crippen LogP contribution in [0.4, 0.5) is 0 Å². The van der Waals surface area contributed by atoms with E-state index in [0.29, 0.717) is 5.22 Å². The Morgan fingerprint density at radius 1 is 1.19 bits per heavy atom. The first-order chi connectivity index (χ1) is 7.79. The number of nitrogens with zero attached hydrogens (tertiary/aromatic N) is 2. The van der Waals surface area contributed by atoms with Crippen molar-refractivity contribution in [3.63, 3.8) is 0 Å². The maximum atomic E-state index is 5.72. The summed E-state index contributed by atoms with van der Waals surface area (Å²) in [5, 5.41) is 1.71. The van der Waals surface area contributed by atoms with Gasteiger partial charge in [0.25, 0.3) is 5.22 Å². The van der Waals surface area contributed by atoms with E-state index in [0.717, 1.165) is 27.7 Å². The Kier molecular flexibility index (Phi) is 2.11. The topological polar surface area (TPSA) is 38.9 Å². The van der Waals surface area contributed by atoms with E-state index >= 15 is 0 Å². The van der Waals surface area contributed by atoms with Crippen LogP contribution < -0.4 is 0 Å². The van der Waals surface area contributed by atoms with Gasteiger partial charge in [-0.15, -0.1) is 0 Å². The summed E-state index contributed by atoms with van der Waals surface area (Å²) in [4.78, 5) is 8.93. The van der Waals surface area contributed by atoms with Gasteiger partial charge in [0.05, 0.1) is 11.2 Å². The number of hydrogen-bond acceptors (Lipinski definition) is 4. The van der Waals surface area contributed by atoms with Gasteiger partial charge < -0.3 is 4.42 Å². The zero-order valence-corrected chi connectivity index (χ0v) is 9.84. The van der Waals surface area contributed by atoms with E-state index in [1.165, 1.54) is 11.8 Å². The van der Waals surface area contributed by atoms with E-state index in [4.69, 9.17) is 4.42 Å². The minimum absolute atomic E-state index is 0.691. The third-order valence-electron chi connectivity index (χ3n) is 2.56. The highest BCUT2D eigenvalue weighted by atomic mass is 32.2. The number of para-hydroxylation sites is 1. The summed E-state index contributed by atoms with van der Waals surface area (Å²) >= 11 is 1.51. The van der Waals surface area contributed by atoms with Crippen molar-refractivity contribution in [3.8, 4) is 0 Å². The zero-order chi connectivity index (χ0) is 11.1. The smallest absolute Gasteiger partial charge is 0.256 e. The van der Waals surface area contributed by atoms with Gasteiger partial charge in [-0.05, 0) is 25.3 Å². The normalized spacial score (nSPS) is 11.4. The Labute approximate surface area is 96.9 Å². The fourth-order valence-corrected chi connectivity index (χ4v) is 2.16. The molecule has 2 aromatic heterocycles. The molecule has 0 atom stereocenters. The minimum Gasteiger partial charge on any atom is -0.431 e. The van der Waals surface area contributed by atoms with Crippen molar-refractivity contribution in [2.24, 2.45) is 0 Å². The van der Waals surface area contributed by atoms with E-state index < -0.39 is 0 Å². The number of aryl methyl sites for hydroxylation is 1. The van der Waals surface area contributed by atoms with Gasteiger partial charge in [0.2, 0.25) is 0 Å². The van der Waals surface area contributed by atoms with Crippen LogP contribution in [-0.2, 0) is 0 Å². The maximum absolute atomic E-state index is 5.72. The number of benzene rings is 1. The molecule has 3 nitrogen and oxygen atoms in total. The summed E-state index contributed by atoms with van der Waals surface area (Å²) in [7, 11) is 0. The van der Waals surface area contributed by atoms with Crippen LogP contribution in [0.25, 0.3) is 22.0 Å². The second kappa shape index (κ2) is 3.49. The van der Waals surface area contributed by atoms with Crippen molar-refractivity contribution in [3.05, 3.63) is 30.0 Å². The first-order valence-corrected chi connectivity index (χ1v) is 6.22. The summed E-state index contributed by atoms with van der Waals surface area (Å²) in [5.74, 6) is 0. The molecular weight excluding hydrogens is 220 g/mol. The first-order valence-electron chi connectivity index (χ1n) is 4.99. The molecule has 0 unspecified atom stereocenters. The van der Waals surface area contributed by atoms with Gasteiger partial charge in [-0.2, -0.15) is 0 Å². The second-order valence-corrected chi connectivity index (χ2v) is 4.33. The van der Waals surface area contributed by atoms with Crippen LogP contribution in [0.5, 0.6) is 0 Å². The van der Waals surface area contributed by atoms with Crippen LogP contribution >= 0.6 is 11.8 Å². The molecule has 0 aliphatic heterocycles. The number of fused-ring (bicyclic) bond motifs is 3. The summed E-state index contributed by atoms with van der Waals surface area (Å²) in [6.45, 7) is 1.96. The molecule has 1 aromatic carbocycles. The highest BCUT2D eigenvalue weighted by molar-refractivity contribution is 7.98. The van der Waals surface area contributed by atoms with Gasteiger partial charge in [0.1, 0.15) is 5.52 Å².